The molecule has 3 rings (SSSR count). The molecular weight excluding hydrogens is 262 g/mol. The molecule has 0 bridgehead atoms. The van der Waals surface area contributed by atoms with Gasteiger partial charge in [-0.1, -0.05) is 6.42 Å². The smallest absolute Gasteiger partial charge is 0.147 e. The molecule has 0 fully saturated rings. The zero-order chi connectivity index (χ0) is 14.8. The van der Waals surface area contributed by atoms with Crippen LogP contribution in [0, 0.1) is 0 Å². The van der Waals surface area contributed by atoms with Gasteiger partial charge in [0.25, 0.3) is 0 Å². The Kier molecular flexibility index (Phi) is 4.10. The predicted octanol–water partition coefficient (Wildman–Crippen LogP) is 2.70. The highest BCUT2D eigenvalue weighted by molar-refractivity contribution is 5.29. The summed E-state index contributed by atoms with van der Waals surface area (Å²) < 4.78 is 4.27. The van der Waals surface area contributed by atoms with Crippen molar-refractivity contribution in [2.45, 2.75) is 58.2 Å². The predicted molar refractivity (Wildman–Crippen MR) is 83.3 cm³/mol. The lowest BCUT2D eigenvalue weighted by Crippen LogP contribution is -2.15. The molecule has 1 unspecified atom stereocenters. The Balaban J connectivity index is 1.86. The number of hydrogen-bond acceptors (Lipinski definition) is 3. The molecule has 0 spiro atoms. The average Bonchev–Trinajstić information content (AvgIpc) is 3.03. The van der Waals surface area contributed by atoms with E-state index in [1.807, 2.05) is 4.68 Å². The highest BCUT2D eigenvalue weighted by Crippen LogP contribution is 2.29. The van der Waals surface area contributed by atoms with Crippen LogP contribution >= 0.6 is 0 Å². The van der Waals surface area contributed by atoms with Crippen molar-refractivity contribution < 1.29 is 0 Å². The van der Waals surface area contributed by atoms with Crippen LogP contribution < -0.4 is 5.32 Å². The Bertz CT molecular complexity index is 596. The summed E-state index contributed by atoms with van der Waals surface area (Å²) in [5.41, 5.74) is 2.95. The van der Waals surface area contributed by atoms with Crippen LogP contribution in [0.15, 0.2) is 18.7 Å². The number of nitrogens with zero attached hydrogens (tertiary/aromatic N) is 4. The monoisotopic (exact) mass is 287 g/mol. The van der Waals surface area contributed by atoms with Crippen LogP contribution in [0.2, 0.25) is 0 Å². The summed E-state index contributed by atoms with van der Waals surface area (Å²) in [6.07, 6.45) is 11.3. The highest BCUT2D eigenvalue weighted by Gasteiger charge is 2.19. The number of hydrogen-bond donors (Lipinski definition) is 1. The quantitative estimate of drug-likeness (QED) is 0.880. The van der Waals surface area contributed by atoms with Crippen molar-refractivity contribution in [1.29, 1.82) is 0 Å². The van der Waals surface area contributed by atoms with Crippen LogP contribution in [0.3, 0.4) is 0 Å². The highest BCUT2D eigenvalue weighted by atomic mass is 15.4. The van der Waals surface area contributed by atoms with Crippen molar-refractivity contribution in [2.24, 2.45) is 0 Å². The summed E-state index contributed by atoms with van der Waals surface area (Å²) >= 11 is 0. The Morgan fingerprint density at radius 3 is 2.95 bits per heavy atom. The summed E-state index contributed by atoms with van der Waals surface area (Å²) in [5.74, 6) is 1.02. The van der Waals surface area contributed by atoms with Gasteiger partial charge in [0.2, 0.25) is 0 Å². The molecule has 0 radical (unpaired) electrons. The van der Waals surface area contributed by atoms with Gasteiger partial charge in [-0.3, -0.25) is 0 Å². The zero-order valence-electron chi connectivity index (χ0n) is 13.2. The lowest BCUT2D eigenvalue weighted by atomic mass is 10.1. The summed E-state index contributed by atoms with van der Waals surface area (Å²) in [7, 11) is 2.06. The maximum Gasteiger partial charge on any atom is 0.147 e. The van der Waals surface area contributed by atoms with Gasteiger partial charge in [0.1, 0.15) is 12.2 Å². The second-order valence-electron chi connectivity index (χ2n) is 6.21. The first-order valence-electron chi connectivity index (χ1n) is 7.93. The summed E-state index contributed by atoms with van der Waals surface area (Å²) in [4.78, 5) is 4.41. The van der Waals surface area contributed by atoms with Crippen molar-refractivity contribution in [3.63, 3.8) is 0 Å². The van der Waals surface area contributed by atoms with Gasteiger partial charge in [0.05, 0.1) is 6.54 Å². The van der Waals surface area contributed by atoms with Crippen molar-refractivity contribution in [3.8, 4) is 0 Å². The first-order chi connectivity index (χ1) is 10.2. The first-order valence-corrected chi connectivity index (χ1v) is 7.93. The van der Waals surface area contributed by atoms with Gasteiger partial charge in [0, 0.05) is 24.5 Å². The minimum Gasteiger partial charge on any atom is -0.346 e. The topological polar surface area (TPSA) is 47.7 Å². The molecule has 0 saturated carbocycles. The SMILES string of the molecule is CNC1CCCCc2cn(Cc3ncnn3C(C)C)cc21. The Hall–Kier alpha value is -1.62. The number of aromatic nitrogens is 4. The second kappa shape index (κ2) is 6.02. The second-order valence-corrected chi connectivity index (χ2v) is 6.21. The fourth-order valence-corrected chi connectivity index (χ4v) is 3.29. The van der Waals surface area contributed by atoms with E-state index in [-0.39, 0.29) is 0 Å². The van der Waals surface area contributed by atoms with E-state index in [1.54, 1.807) is 6.33 Å². The van der Waals surface area contributed by atoms with Gasteiger partial charge in [0.15, 0.2) is 0 Å². The number of rotatable bonds is 4. The maximum atomic E-state index is 4.41. The fraction of sp³-hybridized carbons (Fsp3) is 0.625. The van der Waals surface area contributed by atoms with E-state index in [1.165, 1.54) is 36.8 Å². The molecule has 1 N–H and O–H groups in total. The standard InChI is InChI=1S/C16H25N5/c1-12(2)21-16(18-11-19-21)10-20-8-13-6-4-5-7-15(17-3)14(13)9-20/h8-9,11-12,15,17H,4-7,10H2,1-3H3. The molecule has 5 nitrogen and oxygen atoms in total. The number of nitrogens with one attached hydrogen (secondary N) is 1. The molecule has 0 saturated heterocycles. The lowest BCUT2D eigenvalue weighted by molar-refractivity contribution is 0.495. The molecule has 114 valence electrons. The molecule has 0 amide bonds. The molecule has 2 heterocycles. The Morgan fingerprint density at radius 2 is 2.19 bits per heavy atom. The summed E-state index contributed by atoms with van der Waals surface area (Å²) in [6, 6.07) is 0.840. The van der Waals surface area contributed by atoms with Gasteiger partial charge in [-0.2, -0.15) is 5.10 Å². The van der Waals surface area contributed by atoms with E-state index in [0.29, 0.717) is 12.1 Å². The van der Waals surface area contributed by atoms with Crippen LogP contribution in [-0.4, -0.2) is 26.4 Å². The van der Waals surface area contributed by atoms with E-state index >= 15 is 0 Å². The van der Waals surface area contributed by atoms with E-state index in [2.05, 4.69) is 53.3 Å². The van der Waals surface area contributed by atoms with Crippen LogP contribution in [0.25, 0.3) is 0 Å². The Morgan fingerprint density at radius 1 is 1.33 bits per heavy atom. The minimum absolute atomic E-state index is 0.348. The van der Waals surface area contributed by atoms with Crippen molar-refractivity contribution in [2.75, 3.05) is 7.05 Å². The molecule has 1 atom stereocenters. The molecule has 0 aliphatic heterocycles. The van der Waals surface area contributed by atoms with Crippen molar-refractivity contribution in [1.82, 2.24) is 24.6 Å². The third kappa shape index (κ3) is 2.88. The molecular formula is C16H25N5. The van der Waals surface area contributed by atoms with Gasteiger partial charge in [-0.05, 0) is 51.3 Å². The third-order valence-electron chi connectivity index (χ3n) is 4.37. The van der Waals surface area contributed by atoms with Gasteiger partial charge in [-0.25, -0.2) is 9.67 Å². The molecule has 2 aromatic heterocycles. The van der Waals surface area contributed by atoms with Crippen LogP contribution in [0.5, 0.6) is 0 Å². The largest absolute Gasteiger partial charge is 0.346 e. The third-order valence-corrected chi connectivity index (χ3v) is 4.37. The van der Waals surface area contributed by atoms with Crippen LogP contribution in [0.1, 0.15) is 62.1 Å². The maximum absolute atomic E-state index is 4.41. The Labute approximate surface area is 126 Å². The van der Waals surface area contributed by atoms with Crippen LogP contribution in [-0.2, 0) is 13.0 Å². The normalized spacial score (nSPS) is 18.8. The lowest BCUT2D eigenvalue weighted by Gasteiger charge is -2.13. The van der Waals surface area contributed by atoms with E-state index < -0.39 is 0 Å². The molecule has 1 aliphatic carbocycles. The summed E-state index contributed by atoms with van der Waals surface area (Å²) in [6.45, 7) is 5.07. The molecule has 21 heavy (non-hydrogen) atoms. The molecule has 0 aromatic carbocycles. The number of fused-ring (bicyclic) bond motifs is 1. The average molecular weight is 287 g/mol. The van der Waals surface area contributed by atoms with E-state index in [4.69, 9.17) is 0 Å². The fourth-order valence-electron chi connectivity index (χ4n) is 3.29. The van der Waals surface area contributed by atoms with E-state index in [9.17, 15) is 0 Å². The van der Waals surface area contributed by atoms with Crippen LogP contribution in [0.4, 0.5) is 0 Å². The van der Waals surface area contributed by atoms with Gasteiger partial charge in [-0.15, -0.1) is 0 Å². The molecule has 1 aliphatic rings. The van der Waals surface area contributed by atoms with E-state index in [0.717, 1.165) is 12.4 Å². The van der Waals surface area contributed by atoms with Crippen molar-refractivity contribution >= 4 is 0 Å². The number of aryl methyl sites for hydroxylation is 1. The summed E-state index contributed by atoms with van der Waals surface area (Å²) in [5, 5.41) is 7.78. The molecule has 5 heteroatoms. The first kappa shape index (κ1) is 14.3. The molecule has 2 aromatic rings. The van der Waals surface area contributed by atoms with Gasteiger partial charge < -0.3 is 9.88 Å². The van der Waals surface area contributed by atoms with Gasteiger partial charge >= 0.3 is 0 Å². The minimum atomic E-state index is 0.348. The zero-order valence-corrected chi connectivity index (χ0v) is 13.2. The van der Waals surface area contributed by atoms with Crippen molar-refractivity contribution in [3.05, 3.63) is 35.7 Å².